The fourth-order valence-corrected chi connectivity index (χ4v) is 3.70. The van der Waals surface area contributed by atoms with Crippen molar-refractivity contribution in [1.82, 2.24) is 24.8 Å². The summed E-state index contributed by atoms with van der Waals surface area (Å²) >= 11 is 0. The molecular weight excluding hydrogens is 368 g/mol. The van der Waals surface area contributed by atoms with Crippen molar-refractivity contribution in [3.63, 3.8) is 0 Å². The zero-order valence-electron chi connectivity index (χ0n) is 17.0. The summed E-state index contributed by atoms with van der Waals surface area (Å²) in [4.78, 5) is 18.4. The number of benzene rings is 1. The molecule has 0 aliphatic carbocycles. The summed E-state index contributed by atoms with van der Waals surface area (Å²) in [6.45, 7) is 5.78. The number of rotatable bonds is 8. The molecule has 1 fully saturated rings. The fourth-order valence-electron chi connectivity index (χ4n) is 3.70. The summed E-state index contributed by atoms with van der Waals surface area (Å²) in [6, 6.07) is 6.62. The number of hydrogen-bond donors (Lipinski definition) is 2. The summed E-state index contributed by atoms with van der Waals surface area (Å²) in [5.74, 6) is 2.43. The Morgan fingerprint density at radius 2 is 2.03 bits per heavy atom. The number of aromatic nitrogens is 4. The van der Waals surface area contributed by atoms with E-state index in [1.54, 1.807) is 19.8 Å². The predicted molar refractivity (Wildman–Crippen MR) is 112 cm³/mol. The molecule has 1 aliphatic rings. The van der Waals surface area contributed by atoms with E-state index in [9.17, 15) is 0 Å². The Morgan fingerprint density at radius 3 is 2.83 bits per heavy atom. The lowest BCUT2D eigenvalue weighted by Gasteiger charge is -2.32. The minimum absolute atomic E-state index is 0.389. The number of nitrogens with one attached hydrogen (secondary N) is 2. The van der Waals surface area contributed by atoms with Crippen LogP contribution in [-0.4, -0.2) is 57.7 Å². The van der Waals surface area contributed by atoms with Crippen LogP contribution >= 0.6 is 0 Å². The number of anilines is 1. The number of likely N-dealkylation sites (tertiary alicyclic amines) is 1. The Kier molecular flexibility index (Phi) is 6.09. The van der Waals surface area contributed by atoms with Crippen molar-refractivity contribution in [1.29, 1.82) is 0 Å². The lowest BCUT2D eigenvalue weighted by Crippen LogP contribution is -2.38. The lowest BCUT2D eigenvalue weighted by molar-refractivity contribution is 0.210. The molecule has 3 aromatic rings. The predicted octanol–water partition coefficient (Wildman–Crippen LogP) is 3.23. The molecule has 0 atom stereocenters. The molecule has 1 aromatic carbocycles. The number of hydrogen-bond acceptors (Lipinski definition) is 7. The molecule has 8 nitrogen and oxygen atoms in total. The van der Waals surface area contributed by atoms with Gasteiger partial charge in [-0.05, 0) is 37.0 Å². The van der Waals surface area contributed by atoms with Crippen LogP contribution in [0, 0.1) is 0 Å². The van der Waals surface area contributed by atoms with Gasteiger partial charge in [-0.25, -0.2) is 15.0 Å². The topological polar surface area (TPSA) is 88.2 Å². The first kappa shape index (κ1) is 19.4. The monoisotopic (exact) mass is 396 g/mol. The maximum absolute atomic E-state index is 5.84. The molecule has 0 saturated carbocycles. The van der Waals surface area contributed by atoms with Gasteiger partial charge in [0.25, 0.3) is 0 Å². The molecule has 1 aliphatic heterocycles. The van der Waals surface area contributed by atoms with Gasteiger partial charge in [-0.2, -0.15) is 0 Å². The van der Waals surface area contributed by atoms with Crippen molar-refractivity contribution in [2.75, 3.05) is 32.1 Å². The number of ether oxygens (including phenoxy) is 2. The second-order valence-electron chi connectivity index (χ2n) is 7.35. The largest absolute Gasteiger partial charge is 0.493 e. The number of nitrogens with zero attached hydrogens (tertiary/aromatic N) is 4. The molecule has 0 spiro atoms. The molecule has 0 bridgehead atoms. The Bertz CT molecular complexity index is 936. The molecule has 1 saturated heterocycles. The molecule has 2 N–H and O–H groups in total. The highest BCUT2D eigenvalue weighted by Gasteiger charge is 2.21. The summed E-state index contributed by atoms with van der Waals surface area (Å²) in [5.41, 5.74) is 2.81. The standard InChI is InChI=1S/C21H28N6O2/c1-3-10-29-18-11-15(4-5-17(18)28-2)12-27-8-6-16(7-9-27)26-21-19-20(23-13-22-19)24-14-25-21/h4-5,11,13-14,16H,3,6-10,12H2,1-2H3,(H2,22,23,24,25,26). The third kappa shape index (κ3) is 4.59. The second kappa shape index (κ2) is 9.09. The van der Waals surface area contributed by atoms with E-state index in [0.29, 0.717) is 12.6 Å². The van der Waals surface area contributed by atoms with Crippen molar-refractivity contribution < 1.29 is 9.47 Å². The van der Waals surface area contributed by atoms with Crippen LogP contribution in [0.4, 0.5) is 5.82 Å². The number of imidazole rings is 1. The fraction of sp³-hybridized carbons (Fsp3) is 0.476. The molecule has 3 heterocycles. The van der Waals surface area contributed by atoms with Crippen LogP contribution in [0.5, 0.6) is 11.5 Å². The SMILES string of the molecule is CCCOc1cc(CN2CCC(Nc3ncnc4[nH]cnc34)CC2)ccc1OC. The van der Waals surface area contributed by atoms with Gasteiger partial charge in [0.15, 0.2) is 23.0 Å². The highest BCUT2D eigenvalue weighted by molar-refractivity contribution is 5.82. The van der Waals surface area contributed by atoms with Gasteiger partial charge in [0.05, 0.1) is 20.0 Å². The highest BCUT2D eigenvalue weighted by Crippen LogP contribution is 2.29. The average Bonchev–Trinajstić information content (AvgIpc) is 3.24. The van der Waals surface area contributed by atoms with Crippen molar-refractivity contribution in [2.45, 2.75) is 38.8 Å². The van der Waals surface area contributed by atoms with Gasteiger partial charge in [0.1, 0.15) is 11.8 Å². The van der Waals surface area contributed by atoms with Crippen LogP contribution in [0.1, 0.15) is 31.7 Å². The van der Waals surface area contributed by atoms with E-state index in [0.717, 1.165) is 67.4 Å². The van der Waals surface area contributed by atoms with E-state index in [4.69, 9.17) is 9.47 Å². The first-order chi connectivity index (χ1) is 14.3. The number of H-pyrrole nitrogens is 1. The molecule has 8 heteroatoms. The van der Waals surface area contributed by atoms with Crippen LogP contribution in [0.3, 0.4) is 0 Å². The van der Waals surface area contributed by atoms with Gasteiger partial charge in [-0.15, -0.1) is 0 Å². The van der Waals surface area contributed by atoms with Gasteiger partial charge < -0.3 is 19.8 Å². The minimum atomic E-state index is 0.389. The zero-order chi connectivity index (χ0) is 20.1. The molecule has 0 radical (unpaired) electrons. The van der Waals surface area contributed by atoms with Gasteiger partial charge in [-0.1, -0.05) is 13.0 Å². The van der Waals surface area contributed by atoms with Crippen LogP contribution in [0.25, 0.3) is 11.2 Å². The molecule has 0 amide bonds. The Hall–Kier alpha value is -2.87. The first-order valence-corrected chi connectivity index (χ1v) is 10.2. The number of piperidine rings is 1. The number of fused-ring (bicyclic) bond motifs is 1. The smallest absolute Gasteiger partial charge is 0.162 e. The maximum atomic E-state index is 5.84. The Balaban J connectivity index is 1.33. The van der Waals surface area contributed by atoms with Gasteiger partial charge in [0.2, 0.25) is 0 Å². The van der Waals surface area contributed by atoms with Crippen LogP contribution < -0.4 is 14.8 Å². The quantitative estimate of drug-likeness (QED) is 0.604. The minimum Gasteiger partial charge on any atom is -0.493 e. The van der Waals surface area contributed by atoms with E-state index < -0.39 is 0 Å². The molecule has 0 unspecified atom stereocenters. The van der Waals surface area contributed by atoms with Crippen molar-refractivity contribution in [2.24, 2.45) is 0 Å². The average molecular weight is 396 g/mol. The Morgan fingerprint density at radius 1 is 1.17 bits per heavy atom. The lowest BCUT2D eigenvalue weighted by atomic mass is 10.0. The highest BCUT2D eigenvalue weighted by atomic mass is 16.5. The van der Waals surface area contributed by atoms with E-state index in [1.807, 2.05) is 6.07 Å². The van der Waals surface area contributed by atoms with Crippen LogP contribution in [0.15, 0.2) is 30.9 Å². The summed E-state index contributed by atoms with van der Waals surface area (Å²) in [5, 5.41) is 3.54. The zero-order valence-corrected chi connectivity index (χ0v) is 17.0. The van der Waals surface area contributed by atoms with Crippen LogP contribution in [0.2, 0.25) is 0 Å². The summed E-state index contributed by atoms with van der Waals surface area (Å²) in [7, 11) is 1.68. The molecular formula is C21H28N6O2. The van der Waals surface area contributed by atoms with Gasteiger partial charge in [0, 0.05) is 25.7 Å². The summed E-state index contributed by atoms with van der Waals surface area (Å²) < 4.78 is 11.3. The Labute approximate surface area is 170 Å². The molecule has 2 aromatic heterocycles. The second-order valence-corrected chi connectivity index (χ2v) is 7.35. The van der Waals surface area contributed by atoms with E-state index in [2.05, 4.69) is 49.2 Å². The third-order valence-electron chi connectivity index (χ3n) is 5.24. The maximum Gasteiger partial charge on any atom is 0.162 e. The molecule has 4 rings (SSSR count). The van der Waals surface area contributed by atoms with E-state index >= 15 is 0 Å². The van der Waals surface area contributed by atoms with Crippen LogP contribution in [-0.2, 0) is 6.54 Å². The van der Waals surface area contributed by atoms with Gasteiger partial charge in [-0.3, -0.25) is 4.90 Å². The van der Waals surface area contributed by atoms with Crippen molar-refractivity contribution >= 4 is 17.0 Å². The van der Waals surface area contributed by atoms with Crippen molar-refractivity contribution in [3.05, 3.63) is 36.4 Å². The van der Waals surface area contributed by atoms with Gasteiger partial charge >= 0.3 is 0 Å². The summed E-state index contributed by atoms with van der Waals surface area (Å²) in [6.07, 6.45) is 6.32. The molecule has 154 valence electrons. The van der Waals surface area contributed by atoms with E-state index in [-0.39, 0.29) is 0 Å². The third-order valence-corrected chi connectivity index (χ3v) is 5.24. The first-order valence-electron chi connectivity index (χ1n) is 10.2. The molecule has 29 heavy (non-hydrogen) atoms. The van der Waals surface area contributed by atoms with Crippen molar-refractivity contribution in [3.8, 4) is 11.5 Å². The van der Waals surface area contributed by atoms with E-state index in [1.165, 1.54) is 5.56 Å². The number of aromatic amines is 1. The number of methoxy groups -OCH3 is 1. The normalized spacial score (nSPS) is 15.5.